The zero-order chi connectivity index (χ0) is 7.44. The maximum Gasteiger partial charge on any atom is 0.333 e. The van der Waals surface area contributed by atoms with E-state index in [0.717, 1.165) is 0 Å². The van der Waals surface area contributed by atoms with Gasteiger partial charge in [-0.2, -0.15) is 0 Å². The summed E-state index contributed by atoms with van der Waals surface area (Å²) in [6.07, 6.45) is -2.54. The van der Waals surface area contributed by atoms with Crippen LogP contribution >= 0.6 is 0 Å². The molecule has 0 aliphatic heterocycles. The van der Waals surface area contributed by atoms with Crippen molar-refractivity contribution in [2.45, 2.75) is 12.5 Å². The predicted octanol–water partition coefficient (Wildman–Crippen LogP) is -1.10. The molecule has 0 spiro atoms. The van der Waals surface area contributed by atoms with E-state index in [1.54, 1.807) is 0 Å². The van der Waals surface area contributed by atoms with Gasteiger partial charge in [-0.1, -0.05) is 0 Å². The first kappa shape index (κ1) is 12.1. The summed E-state index contributed by atoms with van der Waals surface area (Å²) in [7, 11) is 0. The van der Waals surface area contributed by atoms with Gasteiger partial charge in [0.05, 0.1) is 6.42 Å². The van der Waals surface area contributed by atoms with Crippen LogP contribution in [0.2, 0.25) is 0 Å². The Morgan fingerprint density at radius 2 is 1.70 bits per heavy atom. The van der Waals surface area contributed by atoms with E-state index in [0.29, 0.717) is 0 Å². The molecule has 0 aliphatic rings. The van der Waals surface area contributed by atoms with Crippen molar-refractivity contribution in [1.82, 2.24) is 0 Å². The first-order chi connectivity index (χ1) is 4.04. The topological polar surface area (TPSA) is 94.8 Å². The number of carboxylic acids is 2. The Hall–Kier alpha value is -0.594. The molecule has 0 bridgehead atoms. The molecule has 0 aromatic rings. The normalized spacial score (nSPS) is 11.3. The van der Waals surface area contributed by atoms with E-state index in [4.69, 9.17) is 15.3 Å². The number of rotatable bonds is 3. The SMILES string of the molecule is O=C(O)CC(O)C(=O)O.[Co]. The van der Waals surface area contributed by atoms with Gasteiger partial charge >= 0.3 is 11.9 Å². The molecule has 0 saturated heterocycles. The quantitative estimate of drug-likeness (QED) is 0.529. The van der Waals surface area contributed by atoms with Gasteiger partial charge in [-0.3, -0.25) is 4.79 Å². The summed E-state index contributed by atoms with van der Waals surface area (Å²) in [6, 6.07) is 0. The standard InChI is InChI=1S/C4H6O5.Co/c5-2(4(8)9)1-3(6)7;/h2,5H,1H2,(H,6,7)(H,8,9);. The number of aliphatic hydroxyl groups is 1. The minimum absolute atomic E-state index is 0. The van der Waals surface area contributed by atoms with Crippen molar-refractivity contribution in [2.24, 2.45) is 0 Å². The molecule has 1 unspecified atom stereocenters. The van der Waals surface area contributed by atoms with E-state index in [1.807, 2.05) is 0 Å². The Labute approximate surface area is 66.9 Å². The monoisotopic (exact) mass is 193 g/mol. The number of aliphatic hydroxyl groups excluding tert-OH is 1. The summed E-state index contributed by atoms with van der Waals surface area (Å²) < 4.78 is 0. The minimum atomic E-state index is -1.79. The molecule has 0 heterocycles. The van der Waals surface area contributed by atoms with Crippen molar-refractivity contribution in [2.75, 3.05) is 0 Å². The zero-order valence-electron chi connectivity index (χ0n) is 4.78. The summed E-state index contributed by atoms with van der Waals surface area (Å²) in [6.45, 7) is 0. The average molecular weight is 193 g/mol. The van der Waals surface area contributed by atoms with Crippen molar-refractivity contribution < 1.29 is 41.7 Å². The Morgan fingerprint density at radius 1 is 1.30 bits per heavy atom. The molecule has 10 heavy (non-hydrogen) atoms. The third kappa shape index (κ3) is 5.54. The Morgan fingerprint density at radius 3 is 1.80 bits per heavy atom. The van der Waals surface area contributed by atoms with Crippen LogP contribution in [0.25, 0.3) is 0 Å². The number of hydrogen-bond acceptors (Lipinski definition) is 3. The van der Waals surface area contributed by atoms with Gasteiger partial charge < -0.3 is 15.3 Å². The fourth-order valence-electron chi connectivity index (χ4n) is 0.253. The largest absolute Gasteiger partial charge is 0.481 e. The van der Waals surface area contributed by atoms with Crippen molar-refractivity contribution in [3.05, 3.63) is 0 Å². The maximum absolute atomic E-state index is 9.72. The first-order valence-electron chi connectivity index (χ1n) is 2.16. The van der Waals surface area contributed by atoms with E-state index < -0.39 is 24.5 Å². The first-order valence-corrected chi connectivity index (χ1v) is 2.16. The average Bonchev–Trinajstić information content (AvgIpc) is 1.63. The Kier molecular flexibility index (Phi) is 6.32. The molecule has 0 aromatic carbocycles. The van der Waals surface area contributed by atoms with Crippen LogP contribution in [0.4, 0.5) is 0 Å². The fraction of sp³-hybridized carbons (Fsp3) is 0.500. The van der Waals surface area contributed by atoms with E-state index in [2.05, 4.69) is 0 Å². The van der Waals surface area contributed by atoms with E-state index in [1.165, 1.54) is 0 Å². The predicted molar refractivity (Wildman–Crippen MR) is 25.9 cm³/mol. The molecule has 5 nitrogen and oxygen atoms in total. The van der Waals surface area contributed by atoms with Crippen LogP contribution < -0.4 is 0 Å². The molecule has 0 fully saturated rings. The molecule has 0 rings (SSSR count). The van der Waals surface area contributed by atoms with Crippen LogP contribution in [0.5, 0.6) is 0 Å². The van der Waals surface area contributed by atoms with E-state index in [-0.39, 0.29) is 16.8 Å². The molecule has 3 N–H and O–H groups in total. The van der Waals surface area contributed by atoms with Crippen LogP contribution in [0.15, 0.2) is 0 Å². The summed E-state index contributed by atoms with van der Waals surface area (Å²) in [4.78, 5) is 19.4. The summed E-state index contributed by atoms with van der Waals surface area (Å²) >= 11 is 0. The number of carboxylic acid groups (broad SMARTS) is 2. The molecular formula is C4H6CoO5. The zero-order valence-corrected chi connectivity index (χ0v) is 5.82. The number of carbonyl (C=O) groups is 2. The third-order valence-electron chi connectivity index (χ3n) is 0.653. The molecule has 1 radical (unpaired) electrons. The molecule has 1 atom stereocenters. The van der Waals surface area contributed by atoms with Crippen molar-refractivity contribution >= 4 is 11.9 Å². The van der Waals surface area contributed by atoms with Gasteiger partial charge in [-0.05, 0) is 0 Å². The van der Waals surface area contributed by atoms with Crippen molar-refractivity contribution in [3.63, 3.8) is 0 Å². The van der Waals surface area contributed by atoms with E-state index >= 15 is 0 Å². The molecule has 0 aromatic heterocycles. The van der Waals surface area contributed by atoms with Gasteiger partial charge in [-0.15, -0.1) is 0 Å². The van der Waals surface area contributed by atoms with Gasteiger partial charge in [0.25, 0.3) is 0 Å². The fourth-order valence-corrected chi connectivity index (χ4v) is 0.253. The van der Waals surface area contributed by atoms with Crippen molar-refractivity contribution in [1.29, 1.82) is 0 Å². The van der Waals surface area contributed by atoms with Crippen molar-refractivity contribution in [3.8, 4) is 0 Å². The van der Waals surface area contributed by atoms with Crippen LogP contribution in [0.3, 0.4) is 0 Å². The van der Waals surface area contributed by atoms with Crippen LogP contribution in [-0.4, -0.2) is 33.4 Å². The molecule has 0 aliphatic carbocycles. The van der Waals surface area contributed by atoms with Crippen LogP contribution in [0, 0.1) is 0 Å². The van der Waals surface area contributed by atoms with Gasteiger partial charge in [0.15, 0.2) is 6.10 Å². The maximum atomic E-state index is 9.72. The molecule has 6 heteroatoms. The van der Waals surface area contributed by atoms with Crippen LogP contribution in [0.1, 0.15) is 6.42 Å². The van der Waals surface area contributed by atoms with Gasteiger partial charge in [0, 0.05) is 16.8 Å². The van der Waals surface area contributed by atoms with Crippen LogP contribution in [-0.2, 0) is 26.4 Å². The second kappa shape index (κ2) is 5.21. The molecular weight excluding hydrogens is 187 g/mol. The second-order valence-electron chi connectivity index (χ2n) is 1.45. The summed E-state index contributed by atoms with van der Waals surface area (Å²) in [5.74, 6) is -2.85. The molecule has 0 amide bonds. The molecule has 0 saturated carbocycles. The van der Waals surface area contributed by atoms with Gasteiger partial charge in [-0.25, -0.2) is 4.79 Å². The second-order valence-corrected chi connectivity index (χ2v) is 1.45. The summed E-state index contributed by atoms with van der Waals surface area (Å²) in [5, 5.41) is 24.1. The summed E-state index contributed by atoms with van der Waals surface area (Å²) in [5.41, 5.74) is 0. The Bertz CT molecular complexity index is 134. The van der Waals surface area contributed by atoms with E-state index in [9.17, 15) is 9.59 Å². The Balaban J connectivity index is 0. The van der Waals surface area contributed by atoms with Gasteiger partial charge in [0.1, 0.15) is 0 Å². The smallest absolute Gasteiger partial charge is 0.333 e. The van der Waals surface area contributed by atoms with Gasteiger partial charge in [0.2, 0.25) is 0 Å². The number of hydrogen-bond donors (Lipinski definition) is 3. The molecule has 61 valence electrons. The number of aliphatic carboxylic acids is 2. The minimum Gasteiger partial charge on any atom is -0.481 e. The third-order valence-corrected chi connectivity index (χ3v) is 0.653.